The summed E-state index contributed by atoms with van der Waals surface area (Å²) in [5.74, 6) is -1.95. The van der Waals surface area contributed by atoms with Crippen molar-refractivity contribution in [1.29, 1.82) is 0 Å². The number of benzene rings is 2. The van der Waals surface area contributed by atoms with Crippen molar-refractivity contribution in [3.8, 4) is 0 Å². The Kier molecular flexibility index (Phi) is 5.62. The summed E-state index contributed by atoms with van der Waals surface area (Å²) in [7, 11) is 0. The predicted octanol–water partition coefficient (Wildman–Crippen LogP) is 4.72. The Morgan fingerprint density at radius 3 is 2.51 bits per heavy atom. The van der Waals surface area contributed by atoms with Crippen molar-refractivity contribution in [2.75, 3.05) is 0 Å². The van der Waals surface area contributed by atoms with E-state index in [1.54, 1.807) is 6.08 Å². The smallest absolute Gasteiger partial charge is 0.334 e. The quantitative estimate of drug-likeness (QED) is 0.278. The van der Waals surface area contributed by atoms with Gasteiger partial charge in [0.1, 0.15) is 18.3 Å². The third-order valence-corrected chi connectivity index (χ3v) is 7.20. The predicted molar refractivity (Wildman–Crippen MR) is 130 cm³/mol. The van der Waals surface area contributed by atoms with E-state index in [9.17, 15) is 14.4 Å². The molecule has 1 unspecified atom stereocenters. The van der Waals surface area contributed by atoms with Gasteiger partial charge in [-0.3, -0.25) is 4.79 Å². The number of hydrogen-bond donors (Lipinski definition) is 0. The maximum absolute atomic E-state index is 13.6. The van der Waals surface area contributed by atoms with Crippen molar-refractivity contribution in [1.82, 2.24) is 0 Å². The number of carbonyl (C=O) groups excluding carboxylic acids is 3. The number of carbonyl (C=O) groups is 3. The van der Waals surface area contributed by atoms with E-state index in [2.05, 4.69) is 6.58 Å². The number of rotatable bonds is 3. The van der Waals surface area contributed by atoms with Crippen LogP contribution in [-0.4, -0.2) is 36.2 Å². The van der Waals surface area contributed by atoms with Gasteiger partial charge in [-0.15, -0.1) is 0 Å². The van der Waals surface area contributed by atoms with Gasteiger partial charge in [0.2, 0.25) is 0 Å². The van der Waals surface area contributed by atoms with E-state index in [0.717, 1.165) is 21.9 Å². The molecule has 3 aliphatic rings. The molecule has 0 radical (unpaired) electrons. The standard InChI is InChI=1S/C29H28O6/c1-16-11-22-14-20(27(31)33-22)15-24-25(17(2)26(30)34-24)23(12-16)35-28(32)29(3,4)21-10-9-18-7-5-6-8-19(18)13-21/h5-10,12-14,22-25H,2,11,15H2,1,3-4H3/b16-12+/t22-,23-,24?,25+/m1/s1. The van der Waals surface area contributed by atoms with Crippen LogP contribution in [0.15, 0.2) is 77.9 Å². The summed E-state index contributed by atoms with van der Waals surface area (Å²) in [5.41, 5.74) is 1.49. The lowest BCUT2D eigenvalue weighted by Crippen LogP contribution is -2.39. The number of hydrogen-bond acceptors (Lipinski definition) is 6. The first-order valence-corrected chi connectivity index (χ1v) is 11.8. The van der Waals surface area contributed by atoms with Crippen LogP contribution < -0.4 is 0 Å². The number of esters is 3. The first kappa shape index (κ1) is 23.1. The average molecular weight is 473 g/mol. The second-order valence-corrected chi connectivity index (χ2v) is 10.1. The zero-order valence-electron chi connectivity index (χ0n) is 20.1. The molecule has 2 aromatic rings. The molecular formula is C29H28O6. The van der Waals surface area contributed by atoms with Crippen molar-refractivity contribution >= 4 is 28.7 Å². The molecule has 2 aromatic carbocycles. The van der Waals surface area contributed by atoms with E-state index in [1.165, 1.54) is 0 Å². The summed E-state index contributed by atoms with van der Waals surface area (Å²) in [4.78, 5) is 38.4. The molecular weight excluding hydrogens is 444 g/mol. The summed E-state index contributed by atoms with van der Waals surface area (Å²) in [6.45, 7) is 9.49. The highest BCUT2D eigenvalue weighted by Gasteiger charge is 2.47. The fourth-order valence-corrected chi connectivity index (χ4v) is 5.08. The highest BCUT2D eigenvalue weighted by molar-refractivity contribution is 5.93. The molecule has 1 fully saturated rings. The first-order valence-electron chi connectivity index (χ1n) is 11.8. The second kappa shape index (κ2) is 8.52. The molecule has 5 rings (SSSR count). The molecule has 2 heterocycles. The fourth-order valence-electron chi connectivity index (χ4n) is 5.08. The highest BCUT2D eigenvalue weighted by Crippen LogP contribution is 2.39. The van der Waals surface area contributed by atoms with Crippen LogP contribution >= 0.6 is 0 Å². The summed E-state index contributed by atoms with van der Waals surface area (Å²) in [6.07, 6.45) is 2.49. The Morgan fingerprint density at radius 2 is 1.74 bits per heavy atom. The van der Waals surface area contributed by atoms with Gasteiger partial charge < -0.3 is 14.2 Å². The topological polar surface area (TPSA) is 78.9 Å². The van der Waals surface area contributed by atoms with E-state index >= 15 is 0 Å². The minimum Gasteiger partial charge on any atom is -0.458 e. The summed E-state index contributed by atoms with van der Waals surface area (Å²) >= 11 is 0. The molecule has 0 saturated carbocycles. The molecule has 180 valence electrons. The normalized spacial score (nSPS) is 27.9. The van der Waals surface area contributed by atoms with Crippen LogP contribution in [0.5, 0.6) is 0 Å². The molecule has 0 N–H and O–H groups in total. The Hall–Kier alpha value is -3.67. The minimum absolute atomic E-state index is 0.194. The second-order valence-electron chi connectivity index (χ2n) is 10.1. The van der Waals surface area contributed by atoms with Gasteiger partial charge in [0, 0.05) is 24.0 Å². The van der Waals surface area contributed by atoms with Gasteiger partial charge >= 0.3 is 17.9 Å². The molecule has 0 spiro atoms. The average Bonchev–Trinajstić information content (AvgIpc) is 3.29. The molecule has 6 heteroatoms. The number of ether oxygens (including phenoxy) is 3. The highest BCUT2D eigenvalue weighted by atomic mass is 16.6. The minimum atomic E-state index is -0.942. The molecule has 4 atom stereocenters. The summed E-state index contributed by atoms with van der Waals surface area (Å²) in [5, 5.41) is 2.13. The van der Waals surface area contributed by atoms with Crippen molar-refractivity contribution in [3.63, 3.8) is 0 Å². The van der Waals surface area contributed by atoms with E-state index < -0.39 is 41.4 Å². The zero-order chi connectivity index (χ0) is 24.9. The molecule has 1 aliphatic carbocycles. The van der Waals surface area contributed by atoms with Gasteiger partial charge in [0.25, 0.3) is 0 Å². The number of fused-ring (bicyclic) bond motifs is 3. The van der Waals surface area contributed by atoms with Gasteiger partial charge in [-0.2, -0.15) is 0 Å². The van der Waals surface area contributed by atoms with Gasteiger partial charge in [0.15, 0.2) is 0 Å². The Balaban J connectivity index is 1.47. The van der Waals surface area contributed by atoms with Crippen molar-refractivity contribution in [2.45, 2.75) is 57.3 Å². The first-order chi connectivity index (χ1) is 16.6. The summed E-state index contributed by atoms with van der Waals surface area (Å²) < 4.78 is 17.1. The largest absolute Gasteiger partial charge is 0.458 e. The van der Waals surface area contributed by atoms with Crippen molar-refractivity contribution in [3.05, 3.63) is 83.5 Å². The van der Waals surface area contributed by atoms with Gasteiger partial charge in [-0.05, 0) is 49.3 Å². The molecule has 1 saturated heterocycles. The van der Waals surface area contributed by atoms with Crippen LogP contribution in [0, 0.1) is 5.92 Å². The summed E-state index contributed by atoms with van der Waals surface area (Å²) in [6, 6.07) is 13.9. The van der Waals surface area contributed by atoms with E-state index in [0.29, 0.717) is 12.0 Å². The van der Waals surface area contributed by atoms with Gasteiger partial charge in [-0.1, -0.05) is 54.6 Å². The molecule has 0 aromatic heterocycles. The van der Waals surface area contributed by atoms with Gasteiger partial charge in [-0.25, -0.2) is 9.59 Å². The third kappa shape index (κ3) is 4.18. The van der Waals surface area contributed by atoms with Crippen LogP contribution in [0.3, 0.4) is 0 Å². The Morgan fingerprint density at radius 1 is 1.00 bits per heavy atom. The van der Waals surface area contributed by atoms with Crippen LogP contribution in [0.1, 0.15) is 39.2 Å². The molecule has 2 aliphatic heterocycles. The van der Waals surface area contributed by atoms with Crippen LogP contribution in [0.25, 0.3) is 10.8 Å². The molecule has 2 bridgehead atoms. The van der Waals surface area contributed by atoms with Crippen molar-refractivity contribution < 1.29 is 28.6 Å². The van der Waals surface area contributed by atoms with E-state index in [-0.39, 0.29) is 18.1 Å². The lowest BCUT2D eigenvalue weighted by atomic mass is 9.82. The zero-order valence-corrected chi connectivity index (χ0v) is 20.1. The van der Waals surface area contributed by atoms with Crippen LogP contribution in [0.2, 0.25) is 0 Å². The maximum atomic E-state index is 13.6. The van der Waals surface area contributed by atoms with Crippen LogP contribution in [-0.2, 0) is 34.0 Å². The lowest BCUT2D eigenvalue weighted by molar-refractivity contribution is -0.155. The lowest BCUT2D eigenvalue weighted by Gasteiger charge is -2.30. The molecule has 35 heavy (non-hydrogen) atoms. The molecule has 0 amide bonds. The SMILES string of the molecule is C=C1C(=O)OC2CC3=C[C@@H](C/C(C)=C/[C@@H](OC(=O)C(C)(C)c4ccc5ccccc5c4)[C@H]12)OC3=O. The van der Waals surface area contributed by atoms with Crippen molar-refractivity contribution in [2.24, 2.45) is 5.92 Å². The van der Waals surface area contributed by atoms with Gasteiger partial charge in [0.05, 0.1) is 11.3 Å². The monoisotopic (exact) mass is 472 g/mol. The fraction of sp³-hybridized carbons (Fsp3) is 0.345. The van der Waals surface area contributed by atoms with E-state index in [1.807, 2.05) is 69.3 Å². The molecule has 6 nitrogen and oxygen atoms in total. The third-order valence-electron chi connectivity index (χ3n) is 7.20. The van der Waals surface area contributed by atoms with Crippen LogP contribution in [0.4, 0.5) is 0 Å². The Labute approximate surface area is 204 Å². The maximum Gasteiger partial charge on any atom is 0.334 e. The Bertz CT molecular complexity index is 1310. The van der Waals surface area contributed by atoms with E-state index in [4.69, 9.17) is 14.2 Å².